The van der Waals surface area contributed by atoms with Gasteiger partial charge >= 0.3 is 0 Å². The lowest BCUT2D eigenvalue weighted by Gasteiger charge is -2.37. The van der Waals surface area contributed by atoms with Gasteiger partial charge in [-0.3, -0.25) is 0 Å². The van der Waals surface area contributed by atoms with Crippen molar-refractivity contribution < 1.29 is 4.43 Å². The molecule has 3 heteroatoms. The molecule has 0 aliphatic carbocycles. The van der Waals surface area contributed by atoms with Crippen LogP contribution in [0.15, 0.2) is 12.2 Å². The molecule has 0 N–H and O–H groups in total. The highest BCUT2D eigenvalue weighted by atomic mass is 29.3. The molecule has 0 aromatic carbocycles. The van der Waals surface area contributed by atoms with E-state index in [0.29, 0.717) is 0 Å². The van der Waals surface area contributed by atoms with Crippen LogP contribution in [0, 0.1) is 0 Å². The zero-order valence-electron chi connectivity index (χ0n) is 9.32. The van der Waals surface area contributed by atoms with Crippen LogP contribution < -0.4 is 0 Å². The zero-order valence-corrected chi connectivity index (χ0v) is 11.3. The Morgan fingerprint density at radius 3 is 1.75 bits per heavy atom. The number of hydrogen-bond acceptors (Lipinski definition) is 1. The lowest BCUT2D eigenvalue weighted by molar-refractivity contribution is 0.415. The quantitative estimate of drug-likeness (QED) is 0.502. The predicted molar refractivity (Wildman–Crippen MR) is 61.6 cm³/mol. The first kappa shape index (κ1) is 12.1. The Bertz CT molecular complexity index is 172. The van der Waals surface area contributed by atoms with Gasteiger partial charge in [0.1, 0.15) is 0 Å². The zero-order chi connectivity index (χ0) is 9.99. The Labute approximate surface area is 78.8 Å². The van der Waals surface area contributed by atoms with E-state index >= 15 is 0 Å². The van der Waals surface area contributed by atoms with E-state index in [1.54, 1.807) is 0 Å². The maximum absolute atomic E-state index is 5.75. The van der Waals surface area contributed by atoms with E-state index in [0.717, 1.165) is 6.04 Å². The summed E-state index contributed by atoms with van der Waals surface area (Å²) in [7, 11) is -0.698. The van der Waals surface area contributed by atoms with Gasteiger partial charge in [-0.2, -0.15) is 0 Å². The normalized spacial score (nSPS) is 17.2. The van der Waals surface area contributed by atoms with Crippen molar-refractivity contribution in [2.75, 3.05) is 7.11 Å². The summed E-state index contributed by atoms with van der Waals surface area (Å²) >= 11 is 0. The monoisotopic (exact) mass is 202 g/mol. The minimum Gasteiger partial charge on any atom is -0.423 e. The number of allylic oxidation sites excluding steroid dienone is 1. The van der Waals surface area contributed by atoms with Crippen molar-refractivity contribution in [1.82, 2.24) is 0 Å². The van der Waals surface area contributed by atoms with Crippen molar-refractivity contribution in [3.05, 3.63) is 12.2 Å². The van der Waals surface area contributed by atoms with E-state index in [2.05, 4.69) is 39.7 Å². The van der Waals surface area contributed by atoms with Crippen LogP contribution in [0.3, 0.4) is 0 Å². The minimum absolute atomic E-state index is 1.12. The Morgan fingerprint density at radius 2 is 1.67 bits per heavy atom. The lowest BCUT2D eigenvalue weighted by atomic mass is 10.4. The van der Waals surface area contributed by atoms with Crippen LogP contribution in [0.2, 0.25) is 32.2 Å². The van der Waals surface area contributed by atoms with Crippen molar-refractivity contribution in [3.63, 3.8) is 0 Å². The fourth-order valence-electron chi connectivity index (χ4n) is 1.22. The first-order valence-corrected chi connectivity index (χ1v) is 11.5. The SMILES string of the molecule is C=C(C)C[Si](C)(OC)[Si](C)(C)C. The van der Waals surface area contributed by atoms with Gasteiger partial charge in [0.25, 0.3) is 0 Å². The second-order valence-corrected chi connectivity index (χ2v) is 20.2. The highest BCUT2D eigenvalue weighted by Crippen LogP contribution is 2.26. The predicted octanol–water partition coefficient (Wildman–Crippen LogP) is 3.20. The fourth-order valence-corrected chi connectivity index (χ4v) is 7.99. The summed E-state index contributed by atoms with van der Waals surface area (Å²) in [5.74, 6) is 0. The van der Waals surface area contributed by atoms with Gasteiger partial charge < -0.3 is 4.43 Å². The molecule has 0 spiro atoms. The molecule has 0 aromatic rings. The second kappa shape index (κ2) is 3.89. The van der Waals surface area contributed by atoms with Gasteiger partial charge in [-0.15, -0.1) is 6.58 Å². The molecule has 0 heterocycles. The Balaban J connectivity index is 4.56. The van der Waals surface area contributed by atoms with E-state index in [1.165, 1.54) is 5.57 Å². The van der Waals surface area contributed by atoms with E-state index in [1.807, 2.05) is 7.11 Å². The number of hydrogen-bond donors (Lipinski definition) is 0. The molecular formula is C9H22OSi2. The summed E-state index contributed by atoms with van der Waals surface area (Å²) in [6.45, 7) is 15.6. The van der Waals surface area contributed by atoms with Gasteiger partial charge in [-0.1, -0.05) is 25.2 Å². The van der Waals surface area contributed by atoms with Crippen molar-refractivity contribution in [1.29, 1.82) is 0 Å². The molecule has 0 aliphatic rings. The number of rotatable bonds is 4. The molecule has 1 unspecified atom stereocenters. The second-order valence-electron chi connectivity index (χ2n) is 4.82. The van der Waals surface area contributed by atoms with Crippen LogP contribution in [0.5, 0.6) is 0 Å². The summed E-state index contributed by atoms with van der Waals surface area (Å²) in [5, 5.41) is 0. The van der Waals surface area contributed by atoms with Gasteiger partial charge in [-0.25, -0.2) is 0 Å². The molecule has 0 fully saturated rings. The van der Waals surface area contributed by atoms with Crippen LogP contribution in [-0.4, -0.2) is 22.5 Å². The maximum atomic E-state index is 5.75. The summed E-state index contributed by atoms with van der Waals surface area (Å²) in [6.07, 6.45) is 0. The topological polar surface area (TPSA) is 9.23 Å². The Morgan fingerprint density at radius 1 is 1.25 bits per heavy atom. The molecule has 0 radical (unpaired) electrons. The highest BCUT2D eigenvalue weighted by molar-refractivity contribution is 7.38. The molecule has 0 saturated carbocycles. The van der Waals surface area contributed by atoms with Crippen LogP contribution >= 0.6 is 0 Å². The van der Waals surface area contributed by atoms with Gasteiger partial charge in [0.05, 0.1) is 7.59 Å². The molecule has 72 valence electrons. The van der Waals surface area contributed by atoms with Crippen molar-refractivity contribution in [3.8, 4) is 0 Å². The van der Waals surface area contributed by atoms with E-state index in [9.17, 15) is 0 Å². The molecule has 1 atom stereocenters. The minimum atomic E-state index is -1.45. The first-order valence-electron chi connectivity index (χ1n) is 4.42. The highest BCUT2D eigenvalue weighted by Gasteiger charge is 2.42. The van der Waals surface area contributed by atoms with Gasteiger partial charge in [0.15, 0.2) is 7.83 Å². The van der Waals surface area contributed by atoms with Crippen molar-refractivity contribution in [2.45, 2.75) is 39.2 Å². The molecule has 1 nitrogen and oxygen atoms in total. The molecule has 0 aliphatic heterocycles. The van der Waals surface area contributed by atoms with Crippen molar-refractivity contribution >= 4 is 15.4 Å². The third-order valence-electron chi connectivity index (χ3n) is 2.68. The largest absolute Gasteiger partial charge is 0.423 e. The Kier molecular flexibility index (Phi) is 3.94. The van der Waals surface area contributed by atoms with Gasteiger partial charge in [-0.05, 0) is 19.5 Å². The van der Waals surface area contributed by atoms with E-state index < -0.39 is 15.4 Å². The summed E-state index contributed by atoms with van der Waals surface area (Å²) < 4.78 is 5.75. The van der Waals surface area contributed by atoms with Gasteiger partial charge in [0, 0.05) is 7.11 Å². The summed E-state index contributed by atoms with van der Waals surface area (Å²) in [6, 6.07) is 1.12. The summed E-state index contributed by atoms with van der Waals surface area (Å²) in [4.78, 5) is 0. The lowest BCUT2D eigenvalue weighted by Crippen LogP contribution is -2.56. The average molecular weight is 202 g/mol. The standard InChI is InChI=1S/C9H22OSi2/c1-9(2)8-12(7,10-3)11(4,5)6/h1,8H2,2-7H3. The maximum Gasteiger partial charge on any atom is 0.179 e. The van der Waals surface area contributed by atoms with E-state index in [4.69, 9.17) is 4.43 Å². The third kappa shape index (κ3) is 2.88. The summed E-state index contributed by atoms with van der Waals surface area (Å²) in [5.41, 5.74) is 1.27. The van der Waals surface area contributed by atoms with Crippen LogP contribution in [-0.2, 0) is 4.43 Å². The smallest absolute Gasteiger partial charge is 0.179 e. The molecule has 0 bridgehead atoms. The Hall–Kier alpha value is 0.134. The van der Waals surface area contributed by atoms with E-state index in [-0.39, 0.29) is 0 Å². The van der Waals surface area contributed by atoms with Crippen LogP contribution in [0.1, 0.15) is 6.92 Å². The average Bonchev–Trinajstić information content (AvgIpc) is 1.83. The molecule has 0 saturated heterocycles. The molecular weight excluding hydrogens is 180 g/mol. The first-order chi connectivity index (χ1) is 5.23. The van der Waals surface area contributed by atoms with Crippen LogP contribution in [0.25, 0.3) is 0 Å². The molecule has 0 amide bonds. The van der Waals surface area contributed by atoms with Crippen LogP contribution in [0.4, 0.5) is 0 Å². The van der Waals surface area contributed by atoms with Gasteiger partial charge in [0.2, 0.25) is 0 Å². The van der Waals surface area contributed by atoms with Crippen molar-refractivity contribution in [2.24, 2.45) is 0 Å². The molecule has 12 heavy (non-hydrogen) atoms. The third-order valence-corrected chi connectivity index (χ3v) is 18.7. The molecule has 0 rings (SSSR count). The molecule has 0 aromatic heterocycles. The fraction of sp³-hybridized carbons (Fsp3) is 0.778.